The lowest BCUT2D eigenvalue weighted by Crippen LogP contribution is -2.53. The molecule has 0 aromatic heterocycles. The van der Waals surface area contributed by atoms with Gasteiger partial charge >= 0.3 is 11.9 Å². The third kappa shape index (κ3) is 4.52. The van der Waals surface area contributed by atoms with Crippen molar-refractivity contribution in [3.63, 3.8) is 0 Å². The van der Waals surface area contributed by atoms with Gasteiger partial charge in [-0.15, -0.1) is 0 Å². The van der Waals surface area contributed by atoms with Gasteiger partial charge in [0.25, 0.3) is 0 Å². The van der Waals surface area contributed by atoms with Crippen LogP contribution in [0.2, 0.25) is 0 Å². The second-order valence-electron chi connectivity index (χ2n) is 11.0. The van der Waals surface area contributed by atoms with E-state index in [1.165, 1.54) is 11.1 Å². The molecule has 2 fully saturated rings. The van der Waals surface area contributed by atoms with E-state index in [-0.39, 0.29) is 17.8 Å². The first-order chi connectivity index (χ1) is 15.8. The molecule has 0 aliphatic heterocycles. The molecule has 2 saturated carbocycles. The molecular weight excluding hydrogens is 416 g/mol. The minimum atomic E-state index is -0.757. The van der Waals surface area contributed by atoms with Gasteiger partial charge in [0.15, 0.2) is 0 Å². The lowest BCUT2D eigenvalue weighted by atomic mass is 9.52. The van der Waals surface area contributed by atoms with Crippen molar-refractivity contribution in [2.45, 2.75) is 109 Å². The van der Waals surface area contributed by atoms with Crippen molar-refractivity contribution in [1.29, 1.82) is 0 Å². The number of aryl methyl sites for hydroxylation is 1. The highest BCUT2D eigenvalue weighted by Crippen LogP contribution is 2.66. The van der Waals surface area contributed by atoms with Crippen LogP contribution in [0.15, 0.2) is 18.2 Å². The van der Waals surface area contributed by atoms with Crippen LogP contribution in [-0.2, 0) is 20.7 Å². The maximum Gasteiger partial charge on any atom is 0.306 e. The number of carboxylic acids is 1. The minimum Gasteiger partial charge on any atom is -0.508 e. The van der Waals surface area contributed by atoms with Crippen molar-refractivity contribution >= 4 is 11.9 Å². The molecule has 0 unspecified atom stereocenters. The molecule has 0 spiro atoms. The fraction of sp³-hybridized carbons (Fsp3) is 0.714. The number of unbranched alkanes of at least 4 members (excludes halogenated alkanes) is 2. The van der Waals surface area contributed by atoms with Gasteiger partial charge in [0.1, 0.15) is 11.4 Å². The second-order valence-corrected chi connectivity index (χ2v) is 11.0. The normalized spacial score (nSPS) is 32.5. The molecule has 1 aromatic carbocycles. The first-order valence-corrected chi connectivity index (χ1v) is 13.0. The molecule has 1 aromatic rings. The predicted octanol–water partition coefficient (Wildman–Crippen LogP) is 6.37. The number of hydrogen-bond acceptors (Lipinski definition) is 4. The van der Waals surface area contributed by atoms with Gasteiger partial charge in [0, 0.05) is 18.3 Å². The molecule has 0 heterocycles. The van der Waals surface area contributed by atoms with Crippen LogP contribution in [0.1, 0.15) is 108 Å². The number of benzene rings is 1. The Morgan fingerprint density at radius 3 is 2.67 bits per heavy atom. The standard InChI is InChI=1S/C28H40O5/c1-3-4-8-26(32)33-28(15-6-5-7-25(30)31)17-14-24-23-11-9-19-18-20(29)10-12-21(19)22(23)13-16-27(24,28)2/h10,12,18,22-24,29H,3-9,11,13-17H2,1-2H3,(H,30,31)/t22-,23-,24+,27+,28-/m1/s1. The van der Waals surface area contributed by atoms with E-state index in [1.807, 2.05) is 12.1 Å². The molecule has 4 rings (SSSR count). The topological polar surface area (TPSA) is 83.8 Å². The number of carbonyl (C=O) groups is 2. The van der Waals surface area contributed by atoms with Gasteiger partial charge in [-0.3, -0.25) is 9.59 Å². The summed E-state index contributed by atoms with van der Waals surface area (Å²) in [5, 5.41) is 19.0. The molecule has 0 saturated heterocycles. The lowest BCUT2D eigenvalue weighted by molar-refractivity contribution is -0.182. The summed E-state index contributed by atoms with van der Waals surface area (Å²) in [4.78, 5) is 23.9. The average Bonchev–Trinajstić information content (AvgIpc) is 3.07. The largest absolute Gasteiger partial charge is 0.508 e. The fourth-order valence-electron chi connectivity index (χ4n) is 7.57. The van der Waals surface area contributed by atoms with Gasteiger partial charge in [-0.2, -0.15) is 0 Å². The number of esters is 1. The number of aliphatic carboxylic acids is 1. The smallest absolute Gasteiger partial charge is 0.306 e. The summed E-state index contributed by atoms with van der Waals surface area (Å²) in [6, 6.07) is 5.89. The third-order valence-electron chi connectivity index (χ3n) is 9.26. The number of fused-ring (bicyclic) bond motifs is 5. The molecule has 182 valence electrons. The van der Waals surface area contributed by atoms with Crippen LogP contribution >= 0.6 is 0 Å². The second kappa shape index (κ2) is 9.68. The molecule has 5 heteroatoms. The summed E-state index contributed by atoms with van der Waals surface area (Å²) in [6.45, 7) is 4.45. The monoisotopic (exact) mass is 456 g/mol. The van der Waals surface area contributed by atoms with Crippen LogP contribution in [0.3, 0.4) is 0 Å². The number of carboxylic acid groups (broad SMARTS) is 1. The van der Waals surface area contributed by atoms with Gasteiger partial charge in [-0.1, -0.05) is 26.3 Å². The fourth-order valence-corrected chi connectivity index (χ4v) is 7.57. The summed E-state index contributed by atoms with van der Waals surface area (Å²) in [5.41, 5.74) is 2.17. The van der Waals surface area contributed by atoms with Crippen molar-refractivity contribution in [1.82, 2.24) is 0 Å². The highest BCUT2D eigenvalue weighted by Gasteiger charge is 2.63. The molecule has 0 bridgehead atoms. The Labute approximate surface area is 197 Å². The predicted molar refractivity (Wildman–Crippen MR) is 127 cm³/mol. The Bertz CT molecular complexity index is 879. The quantitative estimate of drug-likeness (QED) is 0.333. The number of ether oxygens (including phenoxy) is 1. The molecule has 5 atom stereocenters. The molecule has 3 aliphatic rings. The Kier molecular flexibility index (Phi) is 7.07. The average molecular weight is 457 g/mol. The molecule has 5 nitrogen and oxygen atoms in total. The van der Waals surface area contributed by atoms with E-state index in [4.69, 9.17) is 9.84 Å². The zero-order valence-corrected chi connectivity index (χ0v) is 20.3. The van der Waals surface area contributed by atoms with Gasteiger partial charge in [0.05, 0.1) is 0 Å². The first kappa shape index (κ1) is 24.1. The zero-order valence-electron chi connectivity index (χ0n) is 20.3. The minimum absolute atomic E-state index is 0.0618. The summed E-state index contributed by atoms with van der Waals surface area (Å²) in [7, 11) is 0. The van der Waals surface area contributed by atoms with E-state index in [0.717, 1.165) is 64.2 Å². The van der Waals surface area contributed by atoms with Crippen molar-refractivity contribution in [2.24, 2.45) is 17.3 Å². The number of rotatable bonds is 9. The van der Waals surface area contributed by atoms with Gasteiger partial charge in [-0.25, -0.2) is 0 Å². The maximum atomic E-state index is 12.9. The number of carbonyl (C=O) groups excluding carboxylic acids is 1. The molecule has 2 N–H and O–H groups in total. The summed E-state index contributed by atoms with van der Waals surface area (Å²) >= 11 is 0. The van der Waals surface area contributed by atoms with E-state index in [1.54, 1.807) is 0 Å². The highest BCUT2D eigenvalue weighted by molar-refractivity contribution is 5.70. The molecule has 0 radical (unpaired) electrons. The number of hydrogen-bond donors (Lipinski definition) is 2. The van der Waals surface area contributed by atoms with Crippen molar-refractivity contribution in [2.75, 3.05) is 0 Å². The Morgan fingerprint density at radius 2 is 1.91 bits per heavy atom. The van der Waals surface area contributed by atoms with Crippen molar-refractivity contribution < 1.29 is 24.5 Å². The zero-order chi connectivity index (χ0) is 23.6. The number of aromatic hydroxyl groups is 1. The summed E-state index contributed by atoms with van der Waals surface area (Å²) in [5.74, 6) is 1.13. The molecule has 3 aliphatic carbocycles. The highest BCUT2D eigenvalue weighted by atomic mass is 16.6. The van der Waals surface area contributed by atoms with Crippen LogP contribution in [0, 0.1) is 17.3 Å². The maximum absolute atomic E-state index is 12.9. The summed E-state index contributed by atoms with van der Waals surface area (Å²) < 4.78 is 6.43. The van der Waals surface area contributed by atoms with Gasteiger partial charge < -0.3 is 14.9 Å². The number of phenolic OH excluding ortho intramolecular Hbond substituents is 1. The Balaban J connectivity index is 1.57. The van der Waals surface area contributed by atoms with E-state index >= 15 is 0 Å². The van der Waals surface area contributed by atoms with Crippen molar-refractivity contribution in [3.05, 3.63) is 29.3 Å². The van der Waals surface area contributed by atoms with Crippen LogP contribution in [-0.4, -0.2) is 27.8 Å². The van der Waals surface area contributed by atoms with Crippen LogP contribution in [0.25, 0.3) is 0 Å². The Morgan fingerprint density at radius 1 is 1.09 bits per heavy atom. The molecule has 33 heavy (non-hydrogen) atoms. The third-order valence-corrected chi connectivity index (χ3v) is 9.26. The van der Waals surface area contributed by atoms with E-state index in [0.29, 0.717) is 36.3 Å². The molecule has 0 amide bonds. The van der Waals surface area contributed by atoms with Crippen molar-refractivity contribution in [3.8, 4) is 5.75 Å². The van der Waals surface area contributed by atoms with Crippen LogP contribution < -0.4 is 0 Å². The number of phenols is 1. The van der Waals surface area contributed by atoms with Crippen LogP contribution in [0.5, 0.6) is 5.75 Å². The summed E-state index contributed by atoms with van der Waals surface area (Å²) in [6.07, 6.45) is 10.9. The Hall–Kier alpha value is -2.04. The van der Waals surface area contributed by atoms with Gasteiger partial charge in [-0.05, 0) is 105 Å². The first-order valence-electron chi connectivity index (χ1n) is 13.0. The van der Waals surface area contributed by atoms with E-state index < -0.39 is 11.6 Å². The molecular formula is C28H40O5. The lowest BCUT2D eigenvalue weighted by Gasteiger charge is -2.54. The van der Waals surface area contributed by atoms with E-state index in [9.17, 15) is 14.7 Å². The SMILES string of the molecule is CCCCC(=O)O[C@]1(CCCCC(=O)O)CC[C@H]2[C@@H]3CCc4cc(O)ccc4[C@H]3CC[C@@]21C. The van der Waals surface area contributed by atoms with Gasteiger partial charge in [0.2, 0.25) is 0 Å². The van der Waals surface area contributed by atoms with Crippen LogP contribution in [0.4, 0.5) is 0 Å². The van der Waals surface area contributed by atoms with E-state index in [2.05, 4.69) is 19.9 Å².